The maximum atomic E-state index is 12.3. The molecule has 1 aromatic rings. The van der Waals surface area contributed by atoms with Crippen molar-refractivity contribution >= 4 is 40.2 Å². The number of esters is 3. The normalized spacial score (nSPS) is 13.8. The second kappa shape index (κ2) is 10.2. The minimum Gasteiger partial charge on any atom is -0.462 e. The number of hydrogen-bond acceptors (Lipinski definition) is 8. The Morgan fingerprint density at radius 3 is 2.21 bits per heavy atom. The third-order valence-electron chi connectivity index (χ3n) is 4.37. The highest BCUT2D eigenvalue weighted by molar-refractivity contribution is 7.18. The lowest BCUT2D eigenvalue weighted by atomic mass is 10.1. The molecule has 1 aliphatic carbocycles. The summed E-state index contributed by atoms with van der Waals surface area (Å²) in [7, 11) is 0. The quantitative estimate of drug-likeness (QED) is 0.517. The van der Waals surface area contributed by atoms with E-state index in [2.05, 4.69) is 5.32 Å². The molecule has 0 aliphatic heterocycles. The highest BCUT2D eigenvalue weighted by Crippen LogP contribution is 2.34. The molecule has 154 valence electrons. The monoisotopic (exact) mass is 411 g/mol. The Labute approximate surface area is 167 Å². The van der Waals surface area contributed by atoms with Crippen LogP contribution in [-0.4, -0.2) is 43.6 Å². The van der Waals surface area contributed by atoms with Gasteiger partial charge in [-0.15, -0.1) is 11.3 Å². The summed E-state index contributed by atoms with van der Waals surface area (Å²) in [5, 5.41) is 2.72. The maximum Gasteiger partial charge on any atom is 0.348 e. The lowest BCUT2D eigenvalue weighted by Crippen LogP contribution is -2.24. The van der Waals surface area contributed by atoms with Crippen molar-refractivity contribution in [2.24, 2.45) is 5.92 Å². The summed E-state index contributed by atoms with van der Waals surface area (Å²) in [6.07, 6.45) is 3.53. The van der Waals surface area contributed by atoms with Crippen LogP contribution in [0.3, 0.4) is 0 Å². The summed E-state index contributed by atoms with van der Waals surface area (Å²) < 4.78 is 15.1. The average Bonchev–Trinajstić information content (AvgIpc) is 3.28. The maximum absolute atomic E-state index is 12.3. The van der Waals surface area contributed by atoms with Gasteiger partial charge in [-0.2, -0.15) is 0 Å². The van der Waals surface area contributed by atoms with Gasteiger partial charge in [-0.05, 0) is 39.2 Å². The van der Waals surface area contributed by atoms with E-state index >= 15 is 0 Å². The zero-order valence-electron chi connectivity index (χ0n) is 16.3. The molecule has 0 atom stereocenters. The summed E-state index contributed by atoms with van der Waals surface area (Å²) in [4.78, 5) is 48.8. The number of hydrogen-bond donors (Lipinski definition) is 1. The molecule has 0 aromatic carbocycles. The molecule has 1 fully saturated rings. The van der Waals surface area contributed by atoms with Crippen molar-refractivity contribution in [2.45, 2.75) is 46.5 Å². The molecule has 1 heterocycles. The van der Waals surface area contributed by atoms with E-state index in [1.54, 1.807) is 20.8 Å². The van der Waals surface area contributed by atoms with Crippen LogP contribution in [0.2, 0.25) is 0 Å². The van der Waals surface area contributed by atoms with Crippen LogP contribution in [0.4, 0.5) is 5.00 Å². The molecule has 2 rings (SSSR count). The Morgan fingerprint density at radius 1 is 1.00 bits per heavy atom. The second-order valence-corrected chi connectivity index (χ2v) is 7.36. The number of amides is 1. The fraction of sp³-hybridized carbons (Fsp3) is 0.579. The van der Waals surface area contributed by atoms with Crippen LogP contribution in [0, 0.1) is 12.8 Å². The third-order valence-corrected chi connectivity index (χ3v) is 5.56. The smallest absolute Gasteiger partial charge is 0.348 e. The number of rotatable bonds is 8. The van der Waals surface area contributed by atoms with E-state index in [0.29, 0.717) is 5.56 Å². The molecule has 1 saturated carbocycles. The molecule has 0 radical (unpaired) electrons. The Bertz CT molecular complexity index is 750. The van der Waals surface area contributed by atoms with Gasteiger partial charge in [0, 0.05) is 0 Å². The number of ether oxygens (including phenoxy) is 3. The van der Waals surface area contributed by atoms with Crippen molar-refractivity contribution in [2.75, 3.05) is 25.1 Å². The molecule has 0 saturated heterocycles. The Morgan fingerprint density at radius 2 is 1.61 bits per heavy atom. The Balaban J connectivity index is 2.12. The summed E-state index contributed by atoms with van der Waals surface area (Å²) in [5.74, 6) is -2.35. The highest BCUT2D eigenvalue weighted by Gasteiger charge is 2.28. The number of carbonyl (C=O) groups excluding carboxylic acids is 4. The number of nitrogens with one attached hydrogen (secondary N) is 1. The van der Waals surface area contributed by atoms with Gasteiger partial charge in [-0.25, -0.2) is 9.59 Å². The first-order valence-corrected chi connectivity index (χ1v) is 10.1. The molecule has 8 nitrogen and oxygen atoms in total. The average molecular weight is 411 g/mol. The molecule has 0 bridgehead atoms. The molecule has 1 aromatic heterocycles. The van der Waals surface area contributed by atoms with Crippen LogP contribution in [0.1, 0.15) is 65.1 Å². The lowest BCUT2D eigenvalue weighted by molar-refractivity contribution is -0.151. The second-order valence-electron chi connectivity index (χ2n) is 6.34. The fourth-order valence-electron chi connectivity index (χ4n) is 3.02. The summed E-state index contributed by atoms with van der Waals surface area (Å²) in [6.45, 7) is 4.80. The number of thiophene rings is 1. The predicted molar refractivity (Wildman–Crippen MR) is 103 cm³/mol. The zero-order chi connectivity index (χ0) is 20.7. The van der Waals surface area contributed by atoms with Gasteiger partial charge in [0.15, 0.2) is 6.61 Å². The van der Waals surface area contributed by atoms with E-state index in [-0.39, 0.29) is 40.5 Å². The molecule has 1 amide bonds. The lowest BCUT2D eigenvalue weighted by Gasteiger charge is -2.10. The van der Waals surface area contributed by atoms with E-state index in [4.69, 9.17) is 14.2 Å². The first-order chi connectivity index (χ1) is 13.4. The number of carbonyl (C=O) groups is 4. The molecule has 0 spiro atoms. The molecular weight excluding hydrogens is 386 g/mol. The molecule has 28 heavy (non-hydrogen) atoms. The molecular formula is C19H25NO7S. The van der Waals surface area contributed by atoms with E-state index < -0.39 is 24.5 Å². The highest BCUT2D eigenvalue weighted by atomic mass is 32.1. The summed E-state index contributed by atoms with van der Waals surface area (Å²) in [6, 6.07) is 0. The van der Waals surface area contributed by atoms with Crippen molar-refractivity contribution in [1.29, 1.82) is 0 Å². The van der Waals surface area contributed by atoms with Crippen LogP contribution in [0.5, 0.6) is 0 Å². The minimum atomic E-state index is -0.648. The molecule has 1 aliphatic rings. The first-order valence-electron chi connectivity index (χ1n) is 9.33. The SMILES string of the molecule is CCOC(=O)c1sc(NC(=O)COC(=O)C2CCCC2)c(C(=O)OCC)c1C. The Kier molecular flexibility index (Phi) is 7.98. The van der Waals surface area contributed by atoms with Crippen LogP contribution in [0.15, 0.2) is 0 Å². The third kappa shape index (κ3) is 5.31. The largest absolute Gasteiger partial charge is 0.462 e. The van der Waals surface area contributed by atoms with Gasteiger partial charge in [-0.1, -0.05) is 12.8 Å². The van der Waals surface area contributed by atoms with E-state index in [1.165, 1.54) is 0 Å². The summed E-state index contributed by atoms with van der Waals surface area (Å²) >= 11 is 0.928. The van der Waals surface area contributed by atoms with Crippen molar-refractivity contribution in [3.05, 3.63) is 16.0 Å². The van der Waals surface area contributed by atoms with E-state index in [1.807, 2.05) is 0 Å². The van der Waals surface area contributed by atoms with Crippen molar-refractivity contribution < 1.29 is 33.4 Å². The summed E-state index contributed by atoms with van der Waals surface area (Å²) in [5.41, 5.74) is 0.477. The zero-order valence-corrected chi connectivity index (χ0v) is 17.1. The van der Waals surface area contributed by atoms with Gasteiger partial charge in [0.25, 0.3) is 5.91 Å². The van der Waals surface area contributed by atoms with Gasteiger partial charge in [-0.3, -0.25) is 9.59 Å². The van der Waals surface area contributed by atoms with Crippen molar-refractivity contribution in [3.63, 3.8) is 0 Å². The molecule has 1 N–H and O–H groups in total. The number of anilines is 1. The van der Waals surface area contributed by atoms with Crippen molar-refractivity contribution in [1.82, 2.24) is 0 Å². The minimum absolute atomic E-state index is 0.102. The Hall–Kier alpha value is -2.42. The molecule has 9 heteroatoms. The van der Waals surface area contributed by atoms with Gasteiger partial charge in [0.1, 0.15) is 9.88 Å². The van der Waals surface area contributed by atoms with Crippen LogP contribution >= 0.6 is 11.3 Å². The van der Waals surface area contributed by atoms with Crippen LogP contribution in [0.25, 0.3) is 0 Å². The molecule has 0 unspecified atom stereocenters. The standard InChI is InChI=1S/C19H25NO7S/c1-4-25-18(23)14-11(3)15(19(24)26-5-2)28-16(14)20-13(21)10-27-17(22)12-8-6-7-9-12/h12H,4-10H2,1-3H3,(H,20,21). The van der Waals surface area contributed by atoms with E-state index in [9.17, 15) is 19.2 Å². The van der Waals surface area contributed by atoms with E-state index in [0.717, 1.165) is 37.0 Å². The predicted octanol–water partition coefficient (Wildman–Crippen LogP) is 3.08. The van der Waals surface area contributed by atoms with Crippen LogP contribution < -0.4 is 5.32 Å². The van der Waals surface area contributed by atoms with Gasteiger partial charge in [0.2, 0.25) is 0 Å². The van der Waals surface area contributed by atoms with Gasteiger partial charge < -0.3 is 19.5 Å². The van der Waals surface area contributed by atoms with Gasteiger partial charge >= 0.3 is 17.9 Å². The van der Waals surface area contributed by atoms with Crippen LogP contribution in [-0.2, 0) is 23.8 Å². The fourth-order valence-corrected chi connectivity index (χ4v) is 4.13. The van der Waals surface area contributed by atoms with Crippen molar-refractivity contribution in [3.8, 4) is 0 Å². The topological polar surface area (TPSA) is 108 Å². The van der Waals surface area contributed by atoms with Gasteiger partial charge in [0.05, 0.1) is 24.7 Å². The first kappa shape index (κ1) is 21.9.